The van der Waals surface area contributed by atoms with Crippen LogP contribution < -0.4 is 0 Å². The summed E-state index contributed by atoms with van der Waals surface area (Å²) in [6.45, 7) is 4.21. The molecule has 0 heterocycles. The van der Waals surface area contributed by atoms with Gasteiger partial charge in [0.25, 0.3) is 0 Å². The molecule has 0 aromatic rings. The first-order chi connectivity index (χ1) is 3.91. The van der Waals surface area contributed by atoms with Crippen molar-refractivity contribution in [1.82, 2.24) is 0 Å². The van der Waals surface area contributed by atoms with Crippen molar-refractivity contribution in [2.24, 2.45) is 0 Å². The molecule has 0 N–H and O–H groups in total. The van der Waals surface area contributed by atoms with Gasteiger partial charge in [0.2, 0.25) is 0 Å². The molecular weight excluding hydrogens is 107 g/mol. The van der Waals surface area contributed by atoms with Crippen molar-refractivity contribution in [3.05, 3.63) is 25.1 Å². The zero-order valence-electron chi connectivity index (χ0n) is 4.64. The van der Waals surface area contributed by atoms with E-state index in [0.717, 1.165) is 0 Å². The molecule has 8 heavy (non-hydrogen) atoms. The van der Waals surface area contributed by atoms with Gasteiger partial charge in [-0.25, -0.2) is 4.39 Å². The minimum Gasteiger partial charge on any atom is -0.373 e. The fraction of sp³-hybridized carbons (Fsp3) is 0.333. The fourth-order valence-corrected chi connectivity index (χ4v) is 0.256. The van der Waals surface area contributed by atoms with E-state index in [1.807, 2.05) is 0 Å². The first-order valence-corrected chi connectivity index (χ1v) is 2.35. The Balaban J connectivity index is 2.82. The number of rotatable bonds is 4. The lowest BCUT2D eigenvalue weighted by atomic mass is 10.6. The van der Waals surface area contributed by atoms with Crippen molar-refractivity contribution in [2.75, 3.05) is 13.2 Å². The molecule has 0 atom stereocenters. The summed E-state index contributed by atoms with van der Waals surface area (Å²) in [4.78, 5) is 0. The van der Waals surface area contributed by atoms with Crippen LogP contribution in [0.25, 0.3) is 0 Å². The summed E-state index contributed by atoms with van der Waals surface area (Å²) < 4.78 is 15.9. The van der Waals surface area contributed by atoms with Gasteiger partial charge in [-0.2, -0.15) is 0 Å². The topological polar surface area (TPSA) is 9.23 Å². The minimum atomic E-state index is 0.322. The van der Waals surface area contributed by atoms with Crippen LogP contribution in [0.1, 0.15) is 0 Å². The summed E-state index contributed by atoms with van der Waals surface area (Å²) in [5.74, 6) is 0. The van der Waals surface area contributed by atoms with E-state index in [1.54, 1.807) is 6.08 Å². The molecule has 0 unspecified atom stereocenters. The molecule has 0 radical (unpaired) electrons. The van der Waals surface area contributed by atoms with Gasteiger partial charge in [-0.15, -0.1) is 6.58 Å². The molecule has 0 amide bonds. The average Bonchev–Trinajstić information content (AvgIpc) is 1.81. The van der Waals surface area contributed by atoms with E-state index in [2.05, 4.69) is 6.58 Å². The molecule has 0 aromatic heterocycles. The highest BCUT2D eigenvalue weighted by atomic mass is 19.1. The minimum absolute atomic E-state index is 0.322. The SMILES string of the molecule is C=CCOCC=CF. The largest absolute Gasteiger partial charge is 0.373 e. The van der Waals surface area contributed by atoms with Gasteiger partial charge in [0.1, 0.15) is 0 Å². The summed E-state index contributed by atoms with van der Waals surface area (Å²) in [6.07, 6.45) is 3.37. The van der Waals surface area contributed by atoms with Crippen molar-refractivity contribution in [3.8, 4) is 0 Å². The highest BCUT2D eigenvalue weighted by Crippen LogP contribution is 1.77. The third kappa shape index (κ3) is 5.37. The lowest BCUT2D eigenvalue weighted by molar-refractivity contribution is 0.193. The van der Waals surface area contributed by atoms with Gasteiger partial charge in [0.05, 0.1) is 19.5 Å². The van der Waals surface area contributed by atoms with Crippen LogP contribution in [0.4, 0.5) is 4.39 Å². The summed E-state index contributed by atoms with van der Waals surface area (Å²) in [6, 6.07) is 0. The summed E-state index contributed by atoms with van der Waals surface area (Å²) in [5, 5.41) is 0. The molecule has 2 heteroatoms. The van der Waals surface area contributed by atoms with E-state index in [1.165, 1.54) is 6.08 Å². The van der Waals surface area contributed by atoms with E-state index in [9.17, 15) is 4.39 Å². The summed E-state index contributed by atoms with van der Waals surface area (Å²) in [5.41, 5.74) is 0. The van der Waals surface area contributed by atoms with Crippen molar-refractivity contribution < 1.29 is 9.13 Å². The second kappa shape index (κ2) is 6.37. The molecule has 0 aliphatic heterocycles. The van der Waals surface area contributed by atoms with Crippen LogP contribution in [0.3, 0.4) is 0 Å². The lowest BCUT2D eigenvalue weighted by Gasteiger charge is -1.90. The molecule has 0 fully saturated rings. The second-order valence-corrected chi connectivity index (χ2v) is 1.19. The molecule has 0 bridgehead atoms. The molecule has 1 nitrogen and oxygen atoms in total. The Morgan fingerprint density at radius 2 is 2.25 bits per heavy atom. The van der Waals surface area contributed by atoms with E-state index in [0.29, 0.717) is 19.5 Å². The Morgan fingerprint density at radius 1 is 1.50 bits per heavy atom. The Hall–Kier alpha value is -0.630. The summed E-state index contributed by atoms with van der Waals surface area (Å²) in [7, 11) is 0. The Morgan fingerprint density at radius 3 is 2.75 bits per heavy atom. The highest BCUT2D eigenvalue weighted by molar-refractivity contribution is 4.72. The molecule has 0 spiro atoms. The smallest absolute Gasteiger partial charge is 0.0849 e. The van der Waals surface area contributed by atoms with E-state index in [4.69, 9.17) is 4.74 Å². The van der Waals surface area contributed by atoms with Crippen molar-refractivity contribution in [2.45, 2.75) is 0 Å². The zero-order valence-corrected chi connectivity index (χ0v) is 4.64. The third-order valence-electron chi connectivity index (χ3n) is 0.539. The number of ether oxygens (including phenoxy) is 1. The van der Waals surface area contributed by atoms with Gasteiger partial charge < -0.3 is 4.74 Å². The van der Waals surface area contributed by atoms with E-state index in [-0.39, 0.29) is 0 Å². The predicted octanol–water partition coefficient (Wildman–Crippen LogP) is 1.67. The van der Waals surface area contributed by atoms with Crippen molar-refractivity contribution in [1.29, 1.82) is 0 Å². The standard InChI is InChI=1S/C6H9FO/c1-2-5-8-6-3-4-7/h2-4H,1,5-6H2. The van der Waals surface area contributed by atoms with Crippen LogP contribution in [0.2, 0.25) is 0 Å². The van der Waals surface area contributed by atoms with Crippen LogP contribution in [0.5, 0.6) is 0 Å². The number of halogens is 1. The van der Waals surface area contributed by atoms with Crippen LogP contribution >= 0.6 is 0 Å². The Kier molecular flexibility index (Phi) is 5.87. The zero-order chi connectivity index (χ0) is 6.24. The Bertz CT molecular complexity index is 78.6. The molecule has 0 saturated heterocycles. The van der Waals surface area contributed by atoms with Gasteiger partial charge in [-0.1, -0.05) is 6.08 Å². The first kappa shape index (κ1) is 7.37. The average molecular weight is 116 g/mol. The number of hydrogen-bond acceptors (Lipinski definition) is 1. The molecule has 0 aliphatic rings. The van der Waals surface area contributed by atoms with Crippen LogP contribution in [0.15, 0.2) is 25.1 Å². The molecule has 0 aromatic carbocycles. The highest BCUT2D eigenvalue weighted by Gasteiger charge is 1.73. The molecule has 46 valence electrons. The van der Waals surface area contributed by atoms with Crippen LogP contribution in [0, 0.1) is 0 Å². The lowest BCUT2D eigenvalue weighted by Crippen LogP contribution is -1.88. The van der Waals surface area contributed by atoms with Gasteiger partial charge in [0.15, 0.2) is 0 Å². The molecule has 0 aliphatic carbocycles. The van der Waals surface area contributed by atoms with Gasteiger partial charge in [-0.05, 0) is 6.08 Å². The monoisotopic (exact) mass is 116 g/mol. The van der Waals surface area contributed by atoms with Crippen molar-refractivity contribution in [3.63, 3.8) is 0 Å². The van der Waals surface area contributed by atoms with Crippen molar-refractivity contribution >= 4 is 0 Å². The summed E-state index contributed by atoms with van der Waals surface area (Å²) >= 11 is 0. The third-order valence-corrected chi connectivity index (χ3v) is 0.539. The maximum absolute atomic E-state index is 11.1. The van der Waals surface area contributed by atoms with E-state index >= 15 is 0 Å². The predicted molar refractivity (Wildman–Crippen MR) is 31.3 cm³/mol. The maximum atomic E-state index is 11.1. The van der Waals surface area contributed by atoms with Crippen LogP contribution in [-0.2, 0) is 4.74 Å². The molecule has 0 saturated carbocycles. The second-order valence-electron chi connectivity index (χ2n) is 1.19. The number of hydrogen-bond donors (Lipinski definition) is 0. The fourth-order valence-electron chi connectivity index (χ4n) is 0.256. The van der Waals surface area contributed by atoms with Gasteiger partial charge in [-0.3, -0.25) is 0 Å². The first-order valence-electron chi connectivity index (χ1n) is 2.35. The van der Waals surface area contributed by atoms with Gasteiger partial charge in [0, 0.05) is 0 Å². The molecule has 0 rings (SSSR count). The normalized spacial score (nSPS) is 10.1. The van der Waals surface area contributed by atoms with Crippen LogP contribution in [-0.4, -0.2) is 13.2 Å². The van der Waals surface area contributed by atoms with Gasteiger partial charge >= 0.3 is 0 Å². The van der Waals surface area contributed by atoms with E-state index < -0.39 is 0 Å². The maximum Gasteiger partial charge on any atom is 0.0849 e. The molecular formula is C6H9FO. The Labute approximate surface area is 48.5 Å². The quantitative estimate of drug-likeness (QED) is 0.401.